The van der Waals surface area contributed by atoms with Crippen LogP contribution in [0.3, 0.4) is 0 Å². The van der Waals surface area contributed by atoms with Crippen molar-refractivity contribution in [2.24, 2.45) is 0 Å². The third-order valence-electron chi connectivity index (χ3n) is 4.31. The molecule has 0 radical (unpaired) electrons. The van der Waals surface area contributed by atoms with Crippen molar-refractivity contribution in [1.82, 2.24) is 0 Å². The van der Waals surface area contributed by atoms with Crippen LogP contribution in [0.1, 0.15) is 27.4 Å². The molecule has 2 aromatic carbocycles. The monoisotopic (exact) mass is 485 g/mol. The summed E-state index contributed by atoms with van der Waals surface area (Å²) in [5.74, 6) is 0.706. The summed E-state index contributed by atoms with van der Waals surface area (Å²) in [6.45, 7) is 0.263. The summed E-state index contributed by atoms with van der Waals surface area (Å²) >= 11 is 6.91. The molecular weight excluding hydrogens is 474 g/mol. The molecule has 0 fully saturated rings. The van der Waals surface area contributed by atoms with Gasteiger partial charge in [0.15, 0.2) is 12.0 Å². The number of rotatable bonds is 4. The summed E-state index contributed by atoms with van der Waals surface area (Å²) in [6.07, 6.45) is 2.54. The molecule has 0 bridgehead atoms. The lowest BCUT2D eigenvalue weighted by molar-refractivity contribution is -0.113. The average Bonchev–Trinajstić information content (AvgIpc) is 3.22. The van der Waals surface area contributed by atoms with Crippen LogP contribution < -0.4 is 4.90 Å². The Bertz CT molecular complexity index is 1070. The van der Waals surface area contributed by atoms with E-state index in [2.05, 4.69) is 31.9 Å². The minimum absolute atomic E-state index is 0.102. The summed E-state index contributed by atoms with van der Waals surface area (Å²) in [5.41, 5.74) is 3.24. The van der Waals surface area contributed by atoms with Gasteiger partial charge in [-0.25, -0.2) is 0 Å². The van der Waals surface area contributed by atoms with Crippen molar-refractivity contribution < 1.29 is 14.0 Å². The maximum absolute atomic E-state index is 13.1. The normalized spacial score (nSPS) is 14.7. The maximum Gasteiger partial charge on any atom is 0.259 e. The van der Waals surface area contributed by atoms with E-state index in [4.69, 9.17) is 4.42 Å². The first-order chi connectivity index (χ1) is 13.0. The highest BCUT2D eigenvalue weighted by atomic mass is 79.9. The molecule has 0 N–H and O–H groups in total. The molecule has 3 aromatic rings. The van der Waals surface area contributed by atoms with Crippen LogP contribution in [-0.2, 0) is 11.3 Å². The van der Waals surface area contributed by atoms with Crippen LogP contribution in [0, 0.1) is 0 Å². The molecule has 27 heavy (non-hydrogen) atoms. The van der Waals surface area contributed by atoms with E-state index < -0.39 is 0 Å². The lowest BCUT2D eigenvalue weighted by Gasteiger charge is -2.15. The van der Waals surface area contributed by atoms with Crippen molar-refractivity contribution in [3.63, 3.8) is 0 Å². The fraction of sp³-hybridized carbons (Fsp3) is 0.0476. The van der Waals surface area contributed by atoms with E-state index in [1.54, 1.807) is 17.0 Å². The largest absolute Gasteiger partial charge is 0.456 e. The van der Waals surface area contributed by atoms with E-state index in [0.29, 0.717) is 17.6 Å². The van der Waals surface area contributed by atoms with Gasteiger partial charge in [0.05, 0.1) is 12.2 Å². The number of hydrogen-bond acceptors (Lipinski definition) is 3. The number of halogens is 2. The Kier molecular flexibility index (Phi) is 4.85. The van der Waals surface area contributed by atoms with E-state index in [1.165, 1.54) is 0 Å². The van der Waals surface area contributed by atoms with Gasteiger partial charge in [0.2, 0.25) is 0 Å². The minimum atomic E-state index is -0.102. The van der Waals surface area contributed by atoms with Crippen molar-refractivity contribution in [1.29, 1.82) is 0 Å². The highest BCUT2D eigenvalue weighted by Gasteiger charge is 2.33. The van der Waals surface area contributed by atoms with Gasteiger partial charge >= 0.3 is 0 Å². The van der Waals surface area contributed by atoms with Gasteiger partial charge in [-0.15, -0.1) is 0 Å². The summed E-state index contributed by atoms with van der Waals surface area (Å²) < 4.78 is 7.34. The van der Waals surface area contributed by atoms with Crippen LogP contribution in [0.4, 0.5) is 5.69 Å². The zero-order valence-electron chi connectivity index (χ0n) is 14.0. The number of fused-ring (bicyclic) bond motifs is 1. The maximum atomic E-state index is 13.1. The molecule has 4 nitrogen and oxygen atoms in total. The molecule has 1 amide bonds. The van der Waals surface area contributed by atoms with Crippen LogP contribution in [0.25, 0.3) is 11.6 Å². The lowest BCUT2D eigenvalue weighted by atomic mass is 10.0. The lowest BCUT2D eigenvalue weighted by Crippen LogP contribution is -2.25. The van der Waals surface area contributed by atoms with E-state index in [-0.39, 0.29) is 18.2 Å². The zero-order valence-corrected chi connectivity index (χ0v) is 17.2. The van der Waals surface area contributed by atoms with Crippen molar-refractivity contribution >= 4 is 61.4 Å². The van der Waals surface area contributed by atoms with Gasteiger partial charge < -0.3 is 9.32 Å². The van der Waals surface area contributed by atoms with Crippen LogP contribution in [0.2, 0.25) is 0 Å². The van der Waals surface area contributed by atoms with Crippen LogP contribution in [0.5, 0.6) is 0 Å². The number of aldehydes is 1. The Morgan fingerprint density at radius 3 is 2.41 bits per heavy atom. The highest BCUT2D eigenvalue weighted by Crippen LogP contribution is 2.40. The molecule has 1 aliphatic rings. The first-order valence-electron chi connectivity index (χ1n) is 8.18. The number of furan rings is 1. The van der Waals surface area contributed by atoms with Gasteiger partial charge in [-0.3, -0.25) is 9.59 Å². The smallest absolute Gasteiger partial charge is 0.259 e. The first kappa shape index (κ1) is 17.9. The van der Waals surface area contributed by atoms with Crippen molar-refractivity contribution in [2.75, 3.05) is 4.90 Å². The molecule has 0 spiro atoms. The molecule has 1 aromatic heterocycles. The van der Waals surface area contributed by atoms with E-state index in [9.17, 15) is 9.59 Å². The molecule has 0 saturated carbocycles. The molecule has 134 valence electrons. The Morgan fingerprint density at radius 2 is 1.70 bits per heavy atom. The quantitative estimate of drug-likeness (QED) is 0.351. The zero-order chi connectivity index (χ0) is 19.0. The number of carbonyl (C=O) groups is 2. The molecule has 4 rings (SSSR count). The van der Waals surface area contributed by atoms with Gasteiger partial charge in [-0.1, -0.05) is 44.0 Å². The van der Waals surface area contributed by atoms with Crippen molar-refractivity contribution in [2.45, 2.75) is 6.54 Å². The Morgan fingerprint density at radius 1 is 0.963 bits per heavy atom. The molecule has 6 heteroatoms. The number of benzene rings is 2. The third kappa shape index (κ3) is 3.55. The number of nitrogens with zero attached hydrogens (tertiary/aromatic N) is 1. The fourth-order valence-electron chi connectivity index (χ4n) is 3.05. The number of carbonyl (C=O) groups excluding carboxylic acids is 2. The Labute approximate surface area is 172 Å². The summed E-state index contributed by atoms with van der Waals surface area (Å²) in [7, 11) is 0. The standard InChI is InChI=1S/C21H13Br2NO3/c22-14-3-1-13(2-4-14)9-19-18-10-15(23)5-8-20(18)24(21(19)26)11-16-6-7-17(12-25)27-16/h1-10,12H,11H2/b19-9-. The van der Waals surface area contributed by atoms with Crippen molar-refractivity contribution in [3.05, 3.63) is 86.2 Å². The summed E-state index contributed by atoms with van der Waals surface area (Å²) in [5, 5.41) is 0. The molecule has 0 atom stereocenters. The fourth-order valence-corrected chi connectivity index (χ4v) is 3.68. The van der Waals surface area contributed by atoms with Crippen molar-refractivity contribution in [3.8, 4) is 0 Å². The molecular formula is C21H13Br2NO3. The average molecular weight is 487 g/mol. The Balaban J connectivity index is 1.75. The van der Waals surface area contributed by atoms with Crippen LogP contribution in [-0.4, -0.2) is 12.2 Å². The van der Waals surface area contributed by atoms with Gasteiger partial charge in [0, 0.05) is 20.1 Å². The van der Waals surface area contributed by atoms with Gasteiger partial charge in [-0.05, 0) is 54.1 Å². The molecule has 0 saturated heterocycles. The second kappa shape index (κ2) is 7.29. The predicted molar refractivity (Wildman–Crippen MR) is 111 cm³/mol. The van der Waals surface area contributed by atoms with E-state index in [1.807, 2.05) is 48.5 Å². The molecule has 0 aliphatic carbocycles. The summed E-state index contributed by atoms with van der Waals surface area (Å²) in [6, 6.07) is 16.8. The minimum Gasteiger partial charge on any atom is -0.456 e. The van der Waals surface area contributed by atoms with Gasteiger partial charge in [0.25, 0.3) is 5.91 Å². The predicted octanol–water partition coefficient (Wildman–Crippen LogP) is 5.70. The second-order valence-corrected chi connectivity index (χ2v) is 7.92. The van der Waals surface area contributed by atoms with Crippen LogP contribution >= 0.6 is 31.9 Å². The second-order valence-electron chi connectivity index (χ2n) is 6.08. The summed E-state index contributed by atoms with van der Waals surface area (Å²) in [4.78, 5) is 25.7. The van der Waals surface area contributed by atoms with E-state index >= 15 is 0 Å². The molecule has 1 aliphatic heterocycles. The van der Waals surface area contributed by atoms with Crippen LogP contribution in [0.15, 0.2) is 68.0 Å². The molecule has 2 heterocycles. The number of amides is 1. The topological polar surface area (TPSA) is 50.5 Å². The van der Waals surface area contributed by atoms with E-state index in [0.717, 1.165) is 25.8 Å². The highest BCUT2D eigenvalue weighted by molar-refractivity contribution is 9.10. The Hall–Kier alpha value is -2.44. The first-order valence-corrected chi connectivity index (χ1v) is 9.77. The van der Waals surface area contributed by atoms with Gasteiger partial charge in [0.1, 0.15) is 5.76 Å². The third-order valence-corrected chi connectivity index (χ3v) is 5.33. The number of anilines is 1. The number of hydrogen-bond donors (Lipinski definition) is 0. The SMILES string of the molecule is O=Cc1ccc(CN2C(=O)/C(=C\c3ccc(Br)cc3)c3cc(Br)ccc32)o1. The van der Waals surface area contributed by atoms with Gasteiger partial charge in [-0.2, -0.15) is 0 Å². The molecule has 0 unspecified atom stereocenters.